The Labute approximate surface area is 124 Å². The van der Waals surface area contributed by atoms with Crippen molar-refractivity contribution < 1.29 is 4.79 Å². The van der Waals surface area contributed by atoms with Gasteiger partial charge in [0.1, 0.15) is 5.78 Å². The lowest BCUT2D eigenvalue weighted by Gasteiger charge is -2.17. The van der Waals surface area contributed by atoms with Crippen LogP contribution in [-0.2, 0) is 4.79 Å². The molecule has 0 N–H and O–H groups in total. The van der Waals surface area contributed by atoms with E-state index in [4.69, 9.17) is 0 Å². The van der Waals surface area contributed by atoms with Crippen LogP contribution >= 0.6 is 0 Å². The van der Waals surface area contributed by atoms with E-state index in [1.165, 1.54) is 16.7 Å². The fourth-order valence-electron chi connectivity index (χ4n) is 2.49. The topological polar surface area (TPSA) is 17.1 Å². The standard InChI is InChI=1S/C19H30O/c1-14(2)19(20)13-17(5)18-11-9-15(3)7-6-8-16(4)10-12-18/h7,10,12,14,17H,6,8-9,11,13H2,1-5H3/b15-7+,16-10+,18-12+/t17-/m0/s1. The summed E-state index contributed by atoms with van der Waals surface area (Å²) in [6.07, 6.45) is 12.1. The molecule has 1 aliphatic rings. The molecule has 0 amide bonds. The molecule has 0 aromatic carbocycles. The number of ketones is 1. The molecule has 1 rings (SSSR count). The minimum Gasteiger partial charge on any atom is -0.299 e. The summed E-state index contributed by atoms with van der Waals surface area (Å²) in [6, 6.07) is 0. The van der Waals surface area contributed by atoms with Gasteiger partial charge < -0.3 is 0 Å². The van der Waals surface area contributed by atoms with Crippen molar-refractivity contribution in [3.8, 4) is 0 Å². The average Bonchev–Trinajstić information content (AvgIpc) is 2.38. The third-order valence-corrected chi connectivity index (χ3v) is 4.21. The van der Waals surface area contributed by atoms with E-state index >= 15 is 0 Å². The van der Waals surface area contributed by atoms with Crippen molar-refractivity contribution in [2.24, 2.45) is 11.8 Å². The van der Waals surface area contributed by atoms with Crippen molar-refractivity contribution in [3.63, 3.8) is 0 Å². The fraction of sp³-hybridized carbons (Fsp3) is 0.632. The number of hydrogen-bond donors (Lipinski definition) is 0. The predicted molar refractivity (Wildman–Crippen MR) is 87.7 cm³/mol. The molecule has 0 spiro atoms. The van der Waals surface area contributed by atoms with Crippen LogP contribution in [0.2, 0.25) is 0 Å². The van der Waals surface area contributed by atoms with E-state index < -0.39 is 0 Å². The maximum absolute atomic E-state index is 11.9. The van der Waals surface area contributed by atoms with E-state index in [-0.39, 0.29) is 5.92 Å². The lowest BCUT2D eigenvalue weighted by molar-refractivity contribution is -0.122. The first kappa shape index (κ1) is 16.9. The van der Waals surface area contributed by atoms with Crippen LogP contribution in [0.1, 0.15) is 66.7 Å². The van der Waals surface area contributed by atoms with Gasteiger partial charge >= 0.3 is 0 Å². The van der Waals surface area contributed by atoms with Gasteiger partial charge in [0.25, 0.3) is 0 Å². The Bertz CT molecular complexity index is 421. The van der Waals surface area contributed by atoms with E-state index in [0.29, 0.717) is 18.1 Å². The van der Waals surface area contributed by atoms with Crippen molar-refractivity contribution in [1.29, 1.82) is 0 Å². The van der Waals surface area contributed by atoms with Crippen LogP contribution in [0.3, 0.4) is 0 Å². The molecule has 0 bridgehead atoms. The first-order valence-electron chi connectivity index (χ1n) is 7.94. The predicted octanol–water partition coefficient (Wildman–Crippen LogP) is 5.63. The van der Waals surface area contributed by atoms with E-state index in [0.717, 1.165) is 25.7 Å². The summed E-state index contributed by atoms with van der Waals surface area (Å²) in [5, 5.41) is 0. The summed E-state index contributed by atoms with van der Waals surface area (Å²) >= 11 is 0. The van der Waals surface area contributed by atoms with Gasteiger partial charge in [0, 0.05) is 12.3 Å². The van der Waals surface area contributed by atoms with Crippen LogP contribution in [-0.4, -0.2) is 5.78 Å². The van der Waals surface area contributed by atoms with Gasteiger partial charge in [0.2, 0.25) is 0 Å². The zero-order valence-electron chi connectivity index (χ0n) is 13.8. The Morgan fingerprint density at radius 2 is 1.75 bits per heavy atom. The van der Waals surface area contributed by atoms with Crippen molar-refractivity contribution >= 4 is 5.78 Å². The van der Waals surface area contributed by atoms with Gasteiger partial charge in [-0.3, -0.25) is 4.79 Å². The van der Waals surface area contributed by atoms with E-state index in [1.54, 1.807) is 0 Å². The van der Waals surface area contributed by atoms with Crippen LogP contribution < -0.4 is 0 Å². The van der Waals surface area contributed by atoms with Crippen LogP contribution in [0, 0.1) is 11.8 Å². The van der Waals surface area contributed by atoms with Crippen LogP contribution in [0.4, 0.5) is 0 Å². The van der Waals surface area contributed by atoms with Crippen LogP contribution in [0.5, 0.6) is 0 Å². The Balaban J connectivity index is 2.82. The molecule has 1 atom stereocenters. The van der Waals surface area contributed by atoms with Gasteiger partial charge in [0.05, 0.1) is 0 Å². The molecule has 1 nitrogen and oxygen atoms in total. The second-order valence-electron chi connectivity index (χ2n) is 6.57. The van der Waals surface area contributed by atoms with Crippen molar-refractivity contribution in [2.75, 3.05) is 0 Å². The van der Waals surface area contributed by atoms with E-state index in [9.17, 15) is 4.79 Å². The van der Waals surface area contributed by atoms with Gasteiger partial charge in [-0.15, -0.1) is 0 Å². The largest absolute Gasteiger partial charge is 0.299 e. The number of carbonyl (C=O) groups is 1. The Hall–Kier alpha value is -1.11. The Kier molecular flexibility index (Phi) is 6.98. The van der Waals surface area contributed by atoms with Crippen molar-refractivity contribution in [2.45, 2.75) is 66.7 Å². The van der Waals surface area contributed by atoms with E-state index in [2.05, 4.69) is 39.0 Å². The molecule has 20 heavy (non-hydrogen) atoms. The first-order chi connectivity index (χ1) is 9.40. The quantitative estimate of drug-likeness (QED) is 0.607. The van der Waals surface area contributed by atoms with Gasteiger partial charge in [-0.2, -0.15) is 0 Å². The molecule has 0 saturated carbocycles. The Morgan fingerprint density at radius 3 is 2.40 bits per heavy atom. The molecule has 1 heteroatoms. The fourth-order valence-corrected chi connectivity index (χ4v) is 2.49. The second kappa shape index (κ2) is 8.24. The zero-order chi connectivity index (χ0) is 15.1. The minimum atomic E-state index is 0.150. The monoisotopic (exact) mass is 274 g/mol. The maximum Gasteiger partial charge on any atom is 0.136 e. The van der Waals surface area contributed by atoms with Crippen LogP contribution in [0.15, 0.2) is 34.9 Å². The zero-order valence-corrected chi connectivity index (χ0v) is 13.8. The molecule has 0 aliphatic heterocycles. The highest BCUT2D eigenvalue weighted by Gasteiger charge is 2.16. The molecule has 0 aromatic rings. The molecule has 0 unspecified atom stereocenters. The number of hydrogen-bond acceptors (Lipinski definition) is 1. The highest BCUT2D eigenvalue weighted by molar-refractivity contribution is 5.80. The molecule has 0 aromatic heterocycles. The number of allylic oxidation sites excluding steroid dienone is 6. The molecular weight excluding hydrogens is 244 g/mol. The van der Waals surface area contributed by atoms with E-state index in [1.807, 2.05) is 13.8 Å². The average molecular weight is 274 g/mol. The first-order valence-corrected chi connectivity index (χ1v) is 7.94. The smallest absolute Gasteiger partial charge is 0.136 e. The van der Waals surface area contributed by atoms with Gasteiger partial charge in [-0.1, -0.05) is 55.7 Å². The molecule has 112 valence electrons. The summed E-state index contributed by atoms with van der Waals surface area (Å²) in [7, 11) is 0. The lowest BCUT2D eigenvalue weighted by Crippen LogP contribution is -2.13. The third kappa shape index (κ3) is 5.90. The minimum absolute atomic E-state index is 0.150. The highest BCUT2D eigenvalue weighted by Crippen LogP contribution is 2.25. The Morgan fingerprint density at radius 1 is 1.05 bits per heavy atom. The number of rotatable bonds is 4. The molecule has 0 heterocycles. The number of Topliss-reactive ketones (excluding diaryl/α,β-unsaturated/α-hetero) is 1. The highest BCUT2D eigenvalue weighted by atomic mass is 16.1. The normalized spacial score (nSPS) is 26.8. The molecular formula is C19H30O. The lowest BCUT2D eigenvalue weighted by atomic mass is 9.87. The van der Waals surface area contributed by atoms with Gasteiger partial charge in [0.15, 0.2) is 0 Å². The summed E-state index contributed by atoms with van der Waals surface area (Å²) < 4.78 is 0. The van der Waals surface area contributed by atoms with Crippen molar-refractivity contribution in [3.05, 3.63) is 34.9 Å². The molecule has 0 saturated heterocycles. The third-order valence-electron chi connectivity index (χ3n) is 4.21. The molecule has 0 fully saturated rings. The molecule has 1 aliphatic carbocycles. The maximum atomic E-state index is 11.9. The molecule has 0 radical (unpaired) electrons. The van der Waals surface area contributed by atoms with Crippen molar-refractivity contribution in [1.82, 2.24) is 0 Å². The summed E-state index contributed by atoms with van der Waals surface area (Å²) in [5.41, 5.74) is 4.33. The summed E-state index contributed by atoms with van der Waals surface area (Å²) in [5.74, 6) is 0.890. The second-order valence-corrected chi connectivity index (χ2v) is 6.57. The van der Waals surface area contributed by atoms with Gasteiger partial charge in [-0.05, 0) is 45.4 Å². The number of carbonyl (C=O) groups excluding carboxylic acids is 1. The summed E-state index contributed by atoms with van der Waals surface area (Å²) in [6.45, 7) is 10.6. The summed E-state index contributed by atoms with van der Waals surface area (Å²) in [4.78, 5) is 11.9. The SMILES string of the molecule is C/C1=C\C=C(\[C@@H](C)CC(=O)C(C)C)CC/C(C)=C/CC1. The van der Waals surface area contributed by atoms with Gasteiger partial charge in [-0.25, -0.2) is 0 Å². The van der Waals surface area contributed by atoms with Crippen LogP contribution in [0.25, 0.3) is 0 Å².